The Labute approximate surface area is 102 Å². The Balaban J connectivity index is 3.25. The fourth-order valence-corrected chi connectivity index (χ4v) is 2.96. The molecule has 0 bridgehead atoms. The van der Waals surface area contributed by atoms with Crippen LogP contribution in [0.4, 0.5) is 5.69 Å². The van der Waals surface area contributed by atoms with Crippen molar-refractivity contribution in [1.29, 1.82) is 0 Å². The van der Waals surface area contributed by atoms with Gasteiger partial charge in [0.25, 0.3) is 0 Å². The molecule has 92 valence electrons. The zero-order valence-electron chi connectivity index (χ0n) is 10.1. The molecule has 0 aliphatic heterocycles. The summed E-state index contributed by atoms with van der Waals surface area (Å²) >= 11 is 0. The average molecular weight is 252 g/mol. The van der Waals surface area contributed by atoms with Gasteiger partial charge in [0, 0.05) is 5.69 Å². The molecule has 0 fully saturated rings. The lowest BCUT2D eigenvalue weighted by atomic mass is 10.1. The number of rotatable bonds is 3. The summed E-state index contributed by atoms with van der Waals surface area (Å²) in [6.07, 6.45) is 5.26. The quantitative estimate of drug-likeness (QED) is 0.628. The van der Waals surface area contributed by atoms with Crippen molar-refractivity contribution < 1.29 is 8.42 Å². The van der Waals surface area contributed by atoms with Gasteiger partial charge < -0.3 is 5.73 Å². The number of nitrogens with two attached hydrogens (primary N) is 1. The second kappa shape index (κ2) is 4.40. The summed E-state index contributed by atoms with van der Waals surface area (Å²) in [4.78, 5) is 0.154. The van der Waals surface area contributed by atoms with Crippen LogP contribution in [0.3, 0.4) is 0 Å². The van der Waals surface area contributed by atoms with Crippen LogP contribution in [-0.4, -0.2) is 14.0 Å². The summed E-state index contributed by atoms with van der Waals surface area (Å²) < 4.78 is 26.7. The molecule has 1 aromatic carbocycles. The second-order valence-electron chi connectivity index (χ2n) is 4.35. The molecular formula is C12H16N2O2S. The predicted octanol–water partition coefficient (Wildman–Crippen LogP) is 1.27. The van der Waals surface area contributed by atoms with Crippen LogP contribution in [0, 0.1) is 19.3 Å². The number of terminal acetylenes is 1. The van der Waals surface area contributed by atoms with Crippen LogP contribution in [0.5, 0.6) is 0 Å². The van der Waals surface area contributed by atoms with Crippen molar-refractivity contribution in [3.63, 3.8) is 0 Å². The normalized spacial score (nSPS) is 12.1. The molecular weight excluding hydrogens is 236 g/mol. The summed E-state index contributed by atoms with van der Waals surface area (Å²) in [5.74, 6) is 2.38. The smallest absolute Gasteiger partial charge is 0.242 e. The summed E-state index contributed by atoms with van der Waals surface area (Å²) in [7, 11) is -3.66. The van der Waals surface area contributed by atoms with Crippen molar-refractivity contribution in [1.82, 2.24) is 4.72 Å². The van der Waals surface area contributed by atoms with Gasteiger partial charge in [0.2, 0.25) is 10.0 Å². The maximum atomic E-state index is 12.1. The van der Waals surface area contributed by atoms with Crippen molar-refractivity contribution in [3.8, 4) is 12.3 Å². The van der Waals surface area contributed by atoms with E-state index in [9.17, 15) is 8.42 Å². The monoisotopic (exact) mass is 252 g/mol. The molecule has 0 amide bonds. The van der Waals surface area contributed by atoms with Crippen LogP contribution in [0.25, 0.3) is 0 Å². The van der Waals surface area contributed by atoms with Gasteiger partial charge in [-0.25, -0.2) is 8.42 Å². The molecule has 0 spiro atoms. The molecule has 0 aliphatic carbocycles. The van der Waals surface area contributed by atoms with E-state index in [0.29, 0.717) is 11.3 Å². The van der Waals surface area contributed by atoms with Gasteiger partial charge in [-0.3, -0.25) is 0 Å². The highest BCUT2D eigenvalue weighted by molar-refractivity contribution is 7.89. The first-order valence-electron chi connectivity index (χ1n) is 5.06. The Bertz CT molecular complexity index is 569. The maximum absolute atomic E-state index is 12.1. The Kier molecular flexibility index (Phi) is 3.51. The Morgan fingerprint density at radius 1 is 1.41 bits per heavy atom. The molecule has 0 unspecified atom stereocenters. The van der Waals surface area contributed by atoms with Crippen molar-refractivity contribution >= 4 is 15.7 Å². The van der Waals surface area contributed by atoms with Crippen LogP contribution < -0.4 is 10.5 Å². The van der Waals surface area contributed by atoms with E-state index in [-0.39, 0.29) is 4.90 Å². The Morgan fingerprint density at radius 3 is 2.53 bits per heavy atom. The van der Waals surface area contributed by atoms with Crippen molar-refractivity contribution in [3.05, 3.63) is 23.8 Å². The van der Waals surface area contributed by atoms with Crippen molar-refractivity contribution in [2.45, 2.75) is 31.2 Å². The minimum absolute atomic E-state index is 0.154. The van der Waals surface area contributed by atoms with Crippen LogP contribution >= 0.6 is 0 Å². The summed E-state index contributed by atoms with van der Waals surface area (Å²) in [6.45, 7) is 4.89. The van der Waals surface area contributed by atoms with E-state index in [1.165, 1.54) is 6.07 Å². The minimum Gasteiger partial charge on any atom is -0.398 e. The number of hydrogen-bond donors (Lipinski definition) is 2. The number of benzene rings is 1. The first-order valence-corrected chi connectivity index (χ1v) is 6.55. The third-order valence-corrected chi connectivity index (χ3v) is 4.17. The molecule has 0 radical (unpaired) electrons. The maximum Gasteiger partial charge on any atom is 0.242 e. The molecule has 0 heterocycles. The molecule has 17 heavy (non-hydrogen) atoms. The zero-order chi connectivity index (χ0) is 13.3. The van der Waals surface area contributed by atoms with E-state index in [1.54, 1.807) is 32.9 Å². The number of nitrogen functional groups attached to an aromatic ring is 1. The molecule has 0 atom stereocenters. The van der Waals surface area contributed by atoms with Gasteiger partial charge in [-0.1, -0.05) is 12.0 Å². The van der Waals surface area contributed by atoms with Gasteiger partial charge in [0.1, 0.15) is 0 Å². The van der Waals surface area contributed by atoms with Gasteiger partial charge in [-0.05, 0) is 38.5 Å². The molecule has 3 N–H and O–H groups in total. The van der Waals surface area contributed by atoms with Crippen molar-refractivity contribution in [2.24, 2.45) is 0 Å². The molecule has 0 aromatic heterocycles. The van der Waals surface area contributed by atoms with E-state index in [1.807, 2.05) is 0 Å². The lowest BCUT2D eigenvalue weighted by Crippen LogP contribution is -2.42. The van der Waals surface area contributed by atoms with Crippen molar-refractivity contribution in [2.75, 3.05) is 5.73 Å². The van der Waals surface area contributed by atoms with Gasteiger partial charge in [0.15, 0.2) is 0 Å². The zero-order valence-corrected chi connectivity index (χ0v) is 10.9. The second-order valence-corrected chi connectivity index (χ2v) is 6.00. The first-order chi connectivity index (χ1) is 7.69. The molecule has 5 heteroatoms. The van der Waals surface area contributed by atoms with Gasteiger partial charge >= 0.3 is 0 Å². The number of nitrogens with one attached hydrogen (secondary N) is 1. The van der Waals surface area contributed by atoms with Crippen LogP contribution in [0.15, 0.2) is 23.1 Å². The average Bonchev–Trinajstić information content (AvgIpc) is 2.20. The third-order valence-electron chi connectivity index (χ3n) is 2.37. The summed E-state index contributed by atoms with van der Waals surface area (Å²) in [6, 6.07) is 4.75. The fourth-order valence-electron chi connectivity index (χ4n) is 1.34. The third kappa shape index (κ3) is 2.99. The number of sulfonamides is 1. The molecule has 0 aliphatic rings. The van der Waals surface area contributed by atoms with Gasteiger partial charge in [0.05, 0.1) is 10.4 Å². The van der Waals surface area contributed by atoms with E-state index in [4.69, 9.17) is 12.2 Å². The Morgan fingerprint density at radius 2 is 2.00 bits per heavy atom. The lowest BCUT2D eigenvalue weighted by Gasteiger charge is -2.20. The van der Waals surface area contributed by atoms with E-state index >= 15 is 0 Å². The standard InChI is InChI=1S/C12H16N2O2S/c1-5-12(3,4)14-17(15,16)11-8-6-7-10(13)9(11)2/h1,6-8,14H,13H2,2-4H3. The number of anilines is 1. The Hall–Kier alpha value is -1.51. The van der Waals surface area contributed by atoms with Crippen LogP contribution in [0.1, 0.15) is 19.4 Å². The largest absolute Gasteiger partial charge is 0.398 e. The van der Waals surface area contributed by atoms with Gasteiger partial charge in [-0.2, -0.15) is 4.72 Å². The lowest BCUT2D eigenvalue weighted by molar-refractivity contribution is 0.538. The summed E-state index contributed by atoms with van der Waals surface area (Å²) in [5, 5.41) is 0. The molecule has 0 saturated heterocycles. The van der Waals surface area contributed by atoms with E-state index in [2.05, 4.69) is 10.6 Å². The molecule has 1 rings (SSSR count). The first kappa shape index (κ1) is 13.6. The minimum atomic E-state index is -3.66. The van der Waals surface area contributed by atoms with Crippen LogP contribution in [-0.2, 0) is 10.0 Å². The summed E-state index contributed by atoms with van der Waals surface area (Å²) in [5.41, 5.74) is 5.70. The fraction of sp³-hybridized carbons (Fsp3) is 0.333. The highest BCUT2D eigenvalue weighted by Gasteiger charge is 2.25. The highest BCUT2D eigenvalue weighted by Crippen LogP contribution is 2.21. The highest BCUT2D eigenvalue weighted by atomic mass is 32.2. The number of hydrogen-bond acceptors (Lipinski definition) is 3. The van der Waals surface area contributed by atoms with Gasteiger partial charge in [-0.15, -0.1) is 6.42 Å². The van der Waals surface area contributed by atoms with E-state index in [0.717, 1.165) is 0 Å². The molecule has 1 aromatic rings. The topological polar surface area (TPSA) is 72.2 Å². The predicted molar refractivity (Wildman–Crippen MR) is 68.8 cm³/mol. The van der Waals surface area contributed by atoms with Crippen LogP contribution in [0.2, 0.25) is 0 Å². The van der Waals surface area contributed by atoms with E-state index < -0.39 is 15.6 Å². The molecule has 4 nitrogen and oxygen atoms in total. The SMILES string of the molecule is C#CC(C)(C)NS(=O)(=O)c1cccc(N)c1C. The molecule has 0 saturated carbocycles.